The molecular weight excluding hydrogens is 377 g/mol. The number of carbonyl (C=O) groups excluding carboxylic acids is 1. The predicted molar refractivity (Wildman–Crippen MR) is 97.6 cm³/mol. The first-order valence-corrected chi connectivity index (χ1v) is 8.08. The highest BCUT2D eigenvalue weighted by Gasteiger charge is 2.36. The maximum Gasteiger partial charge on any atom is 0.431 e. The van der Waals surface area contributed by atoms with Crippen LogP contribution >= 0.6 is 0 Å². The number of fused-ring (bicyclic) bond motifs is 1. The van der Waals surface area contributed by atoms with Crippen LogP contribution < -0.4 is 17.0 Å². The molecule has 3 aromatic rings. The van der Waals surface area contributed by atoms with Gasteiger partial charge in [0.05, 0.1) is 11.3 Å². The summed E-state index contributed by atoms with van der Waals surface area (Å²) in [6, 6.07) is 3.67. The van der Waals surface area contributed by atoms with Gasteiger partial charge >= 0.3 is 6.18 Å². The Hall–Kier alpha value is -3.43. The second-order valence-corrected chi connectivity index (χ2v) is 6.49. The van der Waals surface area contributed by atoms with Crippen LogP contribution in [0.3, 0.4) is 0 Å². The number of primary amides is 1. The van der Waals surface area contributed by atoms with Crippen molar-refractivity contribution < 1.29 is 23.1 Å². The largest absolute Gasteiger partial charge is 0.508 e. The molecule has 148 valence electrons. The molecule has 7 nitrogen and oxygen atoms in total. The van der Waals surface area contributed by atoms with Crippen LogP contribution in [0.15, 0.2) is 23.0 Å². The maximum absolute atomic E-state index is 13.4. The van der Waals surface area contributed by atoms with E-state index in [1.165, 1.54) is 10.6 Å². The number of nitrogens with zero attached hydrogens (tertiary/aromatic N) is 2. The molecule has 1 aromatic carbocycles. The van der Waals surface area contributed by atoms with Crippen molar-refractivity contribution in [3.63, 3.8) is 0 Å². The van der Waals surface area contributed by atoms with E-state index in [9.17, 15) is 27.9 Å². The third kappa shape index (κ3) is 2.60. The molecule has 0 radical (unpaired) electrons. The van der Waals surface area contributed by atoms with Gasteiger partial charge in [-0.25, -0.2) is 0 Å². The van der Waals surface area contributed by atoms with Gasteiger partial charge in [-0.3, -0.25) is 14.2 Å². The van der Waals surface area contributed by atoms with E-state index >= 15 is 0 Å². The average molecular weight is 394 g/mol. The smallest absolute Gasteiger partial charge is 0.431 e. The van der Waals surface area contributed by atoms with Gasteiger partial charge in [0.1, 0.15) is 22.8 Å². The summed E-state index contributed by atoms with van der Waals surface area (Å²) in [5.74, 6) is -1.46. The lowest BCUT2D eigenvalue weighted by Crippen LogP contribution is -2.27. The lowest BCUT2D eigenvalue weighted by molar-refractivity contribution is -0.143. The molecule has 0 aliphatic rings. The third-order valence-corrected chi connectivity index (χ3v) is 4.76. The number of alkyl halides is 3. The molecule has 0 atom stereocenters. The number of amides is 1. The van der Waals surface area contributed by atoms with Crippen LogP contribution in [0.1, 0.15) is 27.2 Å². The number of anilines is 1. The molecule has 2 heterocycles. The normalized spacial score (nSPS) is 11.9. The first kappa shape index (κ1) is 19.3. The zero-order valence-corrected chi connectivity index (χ0v) is 15.2. The van der Waals surface area contributed by atoms with E-state index in [-0.39, 0.29) is 33.7 Å². The Morgan fingerprint density at radius 1 is 1.21 bits per heavy atom. The van der Waals surface area contributed by atoms with Crippen LogP contribution in [0, 0.1) is 13.8 Å². The molecule has 28 heavy (non-hydrogen) atoms. The Morgan fingerprint density at radius 2 is 1.82 bits per heavy atom. The molecule has 0 aliphatic carbocycles. The molecule has 0 saturated heterocycles. The van der Waals surface area contributed by atoms with Gasteiger partial charge in [0.25, 0.3) is 11.5 Å². The van der Waals surface area contributed by atoms with Gasteiger partial charge in [-0.1, -0.05) is 6.07 Å². The fraction of sp³-hybridized carbons (Fsp3) is 0.222. The summed E-state index contributed by atoms with van der Waals surface area (Å²) < 4.78 is 41.7. The Bertz CT molecular complexity index is 1210. The number of aryl methyl sites for hydroxylation is 1. The molecule has 10 heteroatoms. The Morgan fingerprint density at radius 3 is 2.36 bits per heavy atom. The quantitative estimate of drug-likeness (QED) is 0.619. The number of benzene rings is 1. The highest BCUT2D eigenvalue weighted by Crippen LogP contribution is 2.37. The summed E-state index contributed by atoms with van der Waals surface area (Å²) in [5.41, 5.74) is 9.74. The summed E-state index contributed by atoms with van der Waals surface area (Å²) in [7, 11) is 0.976. The summed E-state index contributed by atoms with van der Waals surface area (Å²) in [6.07, 6.45) is -4.83. The summed E-state index contributed by atoms with van der Waals surface area (Å²) in [6.45, 7) is 3.23. The topological polar surface area (TPSA) is 116 Å². The summed E-state index contributed by atoms with van der Waals surface area (Å²) in [4.78, 5) is 24.8. The first-order valence-electron chi connectivity index (χ1n) is 8.08. The highest BCUT2D eigenvalue weighted by atomic mass is 19.4. The van der Waals surface area contributed by atoms with Gasteiger partial charge in [0.2, 0.25) is 0 Å². The monoisotopic (exact) mass is 394 g/mol. The Kier molecular flexibility index (Phi) is 4.17. The van der Waals surface area contributed by atoms with Crippen LogP contribution in [0.2, 0.25) is 0 Å². The van der Waals surface area contributed by atoms with Crippen molar-refractivity contribution >= 4 is 22.6 Å². The van der Waals surface area contributed by atoms with E-state index in [1.807, 2.05) is 0 Å². The molecule has 5 N–H and O–H groups in total. The van der Waals surface area contributed by atoms with Crippen LogP contribution in [-0.4, -0.2) is 20.1 Å². The van der Waals surface area contributed by atoms with Gasteiger partial charge in [0, 0.05) is 18.0 Å². The minimum Gasteiger partial charge on any atom is -0.508 e. The Labute approximate surface area is 156 Å². The standard InChI is InChI=1S/C18H17F3N4O3/c1-7-4-5-10(26)8(2)13(7)25-14-9(12(15(25)22)16(23)27)6-11(18(19,20)21)24(3)17(14)28/h4-6,26H,22H2,1-3H3,(H2,23,27). The number of carbonyl (C=O) groups is 1. The van der Waals surface area contributed by atoms with Gasteiger partial charge in [-0.15, -0.1) is 0 Å². The van der Waals surface area contributed by atoms with Crippen LogP contribution in [-0.2, 0) is 13.2 Å². The van der Waals surface area contributed by atoms with Crippen molar-refractivity contribution in [2.45, 2.75) is 20.0 Å². The molecule has 0 fully saturated rings. The van der Waals surface area contributed by atoms with E-state index in [2.05, 4.69) is 0 Å². The minimum atomic E-state index is -4.83. The van der Waals surface area contributed by atoms with Gasteiger partial charge in [0.15, 0.2) is 0 Å². The molecule has 2 aromatic heterocycles. The molecule has 0 bridgehead atoms. The van der Waals surface area contributed by atoms with Gasteiger partial charge in [-0.2, -0.15) is 13.2 Å². The van der Waals surface area contributed by atoms with Crippen molar-refractivity contribution in [3.05, 3.63) is 50.9 Å². The summed E-state index contributed by atoms with van der Waals surface area (Å²) in [5, 5.41) is 9.76. The van der Waals surface area contributed by atoms with E-state index in [0.29, 0.717) is 21.8 Å². The molecule has 3 rings (SSSR count). The van der Waals surface area contributed by atoms with Crippen molar-refractivity contribution in [1.82, 2.24) is 9.13 Å². The van der Waals surface area contributed by atoms with E-state index in [1.54, 1.807) is 19.9 Å². The van der Waals surface area contributed by atoms with Crippen molar-refractivity contribution in [2.75, 3.05) is 5.73 Å². The number of aromatic nitrogens is 2. The maximum atomic E-state index is 13.4. The average Bonchev–Trinajstić information content (AvgIpc) is 2.86. The van der Waals surface area contributed by atoms with E-state index in [4.69, 9.17) is 11.5 Å². The number of halogens is 3. The van der Waals surface area contributed by atoms with Crippen LogP contribution in [0.4, 0.5) is 19.0 Å². The molecule has 0 saturated carbocycles. The van der Waals surface area contributed by atoms with E-state index < -0.39 is 23.3 Å². The number of phenols is 1. The molecule has 0 unspecified atom stereocenters. The SMILES string of the molecule is Cc1ccc(O)c(C)c1-n1c(N)c(C(N)=O)c2cc(C(F)(F)F)n(C)c(=O)c21. The van der Waals surface area contributed by atoms with Crippen molar-refractivity contribution in [2.24, 2.45) is 12.8 Å². The number of hydrogen-bond donors (Lipinski definition) is 3. The number of rotatable bonds is 2. The van der Waals surface area contributed by atoms with Gasteiger partial charge in [-0.05, 0) is 31.5 Å². The number of nitrogen functional groups attached to an aromatic ring is 1. The zero-order chi connectivity index (χ0) is 21.1. The molecule has 0 spiro atoms. The third-order valence-electron chi connectivity index (χ3n) is 4.76. The summed E-state index contributed by atoms with van der Waals surface area (Å²) >= 11 is 0. The van der Waals surface area contributed by atoms with Crippen LogP contribution in [0.25, 0.3) is 16.6 Å². The first-order chi connectivity index (χ1) is 12.9. The fourth-order valence-corrected chi connectivity index (χ4v) is 3.39. The number of nitrogens with two attached hydrogens (primary N) is 2. The molecule has 1 amide bonds. The zero-order valence-electron chi connectivity index (χ0n) is 15.2. The van der Waals surface area contributed by atoms with Crippen LogP contribution in [0.5, 0.6) is 5.75 Å². The fourth-order valence-electron chi connectivity index (χ4n) is 3.39. The minimum absolute atomic E-state index is 0.105. The Balaban J connectivity index is 2.64. The number of phenolic OH excluding ortho intramolecular Hbond substituents is 1. The molecule has 0 aliphatic heterocycles. The van der Waals surface area contributed by atoms with Crippen molar-refractivity contribution in [3.8, 4) is 11.4 Å². The highest BCUT2D eigenvalue weighted by molar-refractivity contribution is 6.11. The number of pyridine rings is 1. The van der Waals surface area contributed by atoms with Crippen molar-refractivity contribution in [1.29, 1.82) is 0 Å². The second kappa shape index (κ2) is 6.04. The molecular formula is C18H17F3N4O3. The number of hydrogen-bond acceptors (Lipinski definition) is 4. The number of aromatic hydroxyl groups is 1. The van der Waals surface area contributed by atoms with Gasteiger partial charge < -0.3 is 21.1 Å². The lowest BCUT2D eigenvalue weighted by atomic mass is 10.1. The second-order valence-electron chi connectivity index (χ2n) is 6.49. The predicted octanol–water partition coefficient (Wildman–Crippen LogP) is 2.35. The van der Waals surface area contributed by atoms with E-state index in [0.717, 1.165) is 7.05 Å². The lowest BCUT2D eigenvalue weighted by Gasteiger charge is -2.16.